The Labute approximate surface area is 106 Å². The highest BCUT2D eigenvalue weighted by Gasteiger charge is 2.06. The molecule has 0 aromatic heterocycles. The Morgan fingerprint density at radius 2 is 1.00 bits per heavy atom. The summed E-state index contributed by atoms with van der Waals surface area (Å²) in [5.41, 5.74) is 8.55. The van der Waals surface area contributed by atoms with Crippen LogP contribution in [-0.2, 0) is 0 Å². The first-order chi connectivity index (χ1) is 8.43. The molecule has 3 nitrogen and oxygen atoms in total. The molecule has 0 aromatic rings. The van der Waals surface area contributed by atoms with Crippen LogP contribution in [0.25, 0.3) is 10.4 Å². The van der Waals surface area contributed by atoms with Gasteiger partial charge in [0.15, 0.2) is 0 Å². The minimum Gasteiger partial charge on any atom is -0.0906 e. The summed E-state index contributed by atoms with van der Waals surface area (Å²) in [6, 6.07) is 0.267. The zero-order chi connectivity index (χ0) is 12.2. The van der Waals surface area contributed by atoms with Crippen LogP contribution in [0.3, 0.4) is 0 Å². The quantitative estimate of drug-likeness (QED) is 0.317. The van der Waals surface area contributed by atoms with Crippen molar-refractivity contribution in [1.29, 1.82) is 0 Å². The van der Waals surface area contributed by atoms with Crippen molar-refractivity contribution in [2.24, 2.45) is 5.11 Å². The van der Waals surface area contributed by atoms with Crippen molar-refractivity contribution in [2.45, 2.75) is 89.5 Å². The van der Waals surface area contributed by atoms with Crippen molar-refractivity contribution < 1.29 is 0 Å². The van der Waals surface area contributed by atoms with Gasteiger partial charge in [-0.2, -0.15) is 0 Å². The molecule has 0 unspecified atom stereocenters. The van der Waals surface area contributed by atoms with E-state index in [9.17, 15) is 0 Å². The maximum Gasteiger partial charge on any atom is 0.0374 e. The fourth-order valence-corrected chi connectivity index (χ4v) is 2.68. The van der Waals surface area contributed by atoms with Crippen LogP contribution in [0, 0.1) is 0 Å². The number of rotatable bonds is 1. The van der Waals surface area contributed by atoms with Gasteiger partial charge in [0.25, 0.3) is 0 Å². The summed E-state index contributed by atoms with van der Waals surface area (Å²) >= 11 is 0. The molecule has 0 heterocycles. The van der Waals surface area contributed by atoms with Crippen molar-refractivity contribution in [3.8, 4) is 0 Å². The van der Waals surface area contributed by atoms with E-state index in [1.807, 2.05) is 0 Å². The highest BCUT2D eigenvalue weighted by atomic mass is 15.1. The summed E-state index contributed by atoms with van der Waals surface area (Å²) in [6.45, 7) is 0. The Morgan fingerprint density at radius 1 is 0.647 bits per heavy atom. The van der Waals surface area contributed by atoms with Crippen LogP contribution < -0.4 is 0 Å². The van der Waals surface area contributed by atoms with Crippen LogP contribution >= 0.6 is 0 Å². The molecule has 0 bridgehead atoms. The second-order valence-electron chi connectivity index (χ2n) is 5.33. The van der Waals surface area contributed by atoms with Gasteiger partial charge in [-0.15, -0.1) is 0 Å². The second kappa shape index (κ2) is 10.5. The van der Waals surface area contributed by atoms with E-state index in [1.165, 1.54) is 70.6 Å². The van der Waals surface area contributed by atoms with Gasteiger partial charge in [0.2, 0.25) is 0 Å². The van der Waals surface area contributed by atoms with Crippen molar-refractivity contribution >= 4 is 0 Å². The van der Waals surface area contributed by atoms with E-state index in [-0.39, 0.29) is 6.04 Å². The molecule has 1 saturated carbocycles. The number of nitrogens with zero attached hydrogens (tertiary/aromatic N) is 3. The average Bonchev–Trinajstić information content (AvgIpc) is 2.34. The molecule has 0 aromatic carbocycles. The molecule has 0 atom stereocenters. The van der Waals surface area contributed by atoms with Crippen molar-refractivity contribution in [1.82, 2.24) is 0 Å². The normalized spacial score (nSPS) is 22.4. The number of hydrogen-bond acceptors (Lipinski definition) is 1. The molecule has 1 aliphatic carbocycles. The number of hydrogen-bond donors (Lipinski definition) is 0. The van der Waals surface area contributed by atoms with Gasteiger partial charge >= 0.3 is 0 Å². The van der Waals surface area contributed by atoms with E-state index in [2.05, 4.69) is 10.0 Å². The largest absolute Gasteiger partial charge is 0.0906 e. The van der Waals surface area contributed by atoms with E-state index in [4.69, 9.17) is 5.53 Å². The molecule has 0 saturated heterocycles. The molecule has 1 aliphatic rings. The predicted molar refractivity (Wildman–Crippen MR) is 73.0 cm³/mol. The molecular formula is C14H27N3. The second-order valence-corrected chi connectivity index (χ2v) is 5.33. The molecule has 98 valence electrons. The summed E-state index contributed by atoms with van der Waals surface area (Å²) in [6.07, 6.45) is 17.1. The molecule has 0 radical (unpaired) electrons. The average molecular weight is 237 g/mol. The molecule has 1 fully saturated rings. The fourth-order valence-electron chi connectivity index (χ4n) is 2.68. The van der Waals surface area contributed by atoms with Crippen molar-refractivity contribution in [3.63, 3.8) is 0 Å². The molecule has 0 N–H and O–H groups in total. The Hall–Kier alpha value is -0.690. The van der Waals surface area contributed by atoms with E-state index in [0.29, 0.717) is 0 Å². The van der Waals surface area contributed by atoms with Crippen LogP contribution in [0.4, 0.5) is 0 Å². The topological polar surface area (TPSA) is 48.8 Å². The third-order valence-corrected chi connectivity index (χ3v) is 3.79. The first kappa shape index (κ1) is 14.4. The molecular weight excluding hydrogens is 210 g/mol. The zero-order valence-corrected chi connectivity index (χ0v) is 11.1. The lowest BCUT2D eigenvalue weighted by molar-refractivity contribution is 0.468. The SMILES string of the molecule is [N-]=[N+]=NC1CCCCCCCCCCCCC1. The van der Waals surface area contributed by atoms with Crippen LogP contribution in [0.2, 0.25) is 0 Å². The predicted octanol–water partition coefficient (Wildman–Crippen LogP) is 5.75. The van der Waals surface area contributed by atoms with Gasteiger partial charge in [-0.3, -0.25) is 0 Å². The van der Waals surface area contributed by atoms with Gasteiger partial charge in [-0.1, -0.05) is 75.7 Å². The molecule has 3 heteroatoms. The third kappa shape index (κ3) is 8.09. The van der Waals surface area contributed by atoms with Crippen LogP contribution in [-0.4, -0.2) is 6.04 Å². The van der Waals surface area contributed by atoms with Gasteiger partial charge < -0.3 is 0 Å². The summed E-state index contributed by atoms with van der Waals surface area (Å²) in [4.78, 5) is 2.99. The van der Waals surface area contributed by atoms with Crippen LogP contribution in [0.15, 0.2) is 5.11 Å². The molecule has 0 aliphatic heterocycles. The zero-order valence-electron chi connectivity index (χ0n) is 11.1. The Kier molecular flexibility index (Phi) is 8.85. The minimum absolute atomic E-state index is 0.267. The molecule has 0 amide bonds. The van der Waals surface area contributed by atoms with Gasteiger partial charge in [-0.05, 0) is 18.4 Å². The summed E-state index contributed by atoms with van der Waals surface area (Å²) < 4.78 is 0. The van der Waals surface area contributed by atoms with E-state index in [0.717, 1.165) is 12.8 Å². The fraction of sp³-hybridized carbons (Fsp3) is 1.00. The first-order valence-corrected chi connectivity index (χ1v) is 7.47. The van der Waals surface area contributed by atoms with E-state index >= 15 is 0 Å². The van der Waals surface area contributed by atoms with Crippen molar-refractivity contribution in [2.75, 3.05) is 0 Å². The van der Waals surface area contributed by atoms with Crippen LogP contribution in [0.1, 0.15) is 83.5 Å². The Balaban J connectivity index is 2.26. The van der Waals surface area contributed by atoms with Crippen molar-refractivity contribution in [3.05, 3.63) is 10.4 Å². The monoisotopic (exact) mass is 237 g/mol. The van der Waals surface area contributed by atoms with Crippen LogP contribution in [0.5, 0.6) is 0 Å². The van der Waals surface area contributed by atoms with Gasteiger partial charge in [0.1, 0.15) is 0 Å². The smallest absolute Gasteiger partial charge is 0.0374 e. The maximum absolute atomic E-state index is 8.55. The Morgan fingerprint density at radius 3 is 1.35 bits per heavy atom. The summed E-state index contributed by atoms with van der Waals surface area (Å²) in [5.74, 6) is 0. The molecule has 17 heavy (non-hydrogen) atoms. The highest BCUT2D eigenvalue weighted by Crippen LogP contribution is 2.18. The lowest BCUT2D eigenvalue weighted by Gasteiger charge is -2.11. The summed E-state index contributed by atoms with van der Waals surface area (Å²) in [7, 11) is 0. The lowest BCUT2D eigenvalue weighted by Crippen LogP contribution is -2.03. The standard InChI is InChI=1S/C14H27N3/c15-17-16-14-12-10-8-6-4-2-1-3-5-7-9-11-13-14/h14H,1-13H2. The molecule has 1 rings (SSSR count). The van der Waals surface area contributed by atoms with Gasteiger partial charge in [0.05, 0.1) is 0 Å². The lowest BCUT2D eigenvalue weighted by atomic mass is 9.99. The maximum atomic E-state index is 8.55. The Bertz CT molecular complexity index is 208. The van der Waals surface area contributed by atoms with E-state index in [1.54, 1.807) is 0 Å². The van der Waals surface area contributed by atoms with Gasteiger partial charge in [0, 0.05) is 11.0 Å². The third-order valence-electron chi connectivity index (χ3n) is 3.79. The number of azide groups is 1. The minimum atomic E-state index is 0.267. The van der Waals surface area contributed by atoms with Gasteiger partial charge in [-0.25, -0.2) is 0 Å². The van der Waals surface area contributed by atoms with E-state index < -0.39 is 0 Å². The summed E-state index contributed by atoms with van der Waals surface area (Å²) in [5, 5.41) is 3.93. The first-order valence-electron chi connectivity index (χ1n) is 7.47. The highest BCUT2D eigenvalue weighted by molar-refractivity contribution is 4.67. The molecule has 0 spiro atoms.